The first kappa shape index (κ1) is 13.6. The van der Waals surface area contributed by atoms with Crippen molar-refractivity contribution in [3.05, 3.63) is 28.5 Å². The number of aromatic nitrogens is 1. The van der Waals surface area contributed by atoms with Gasteiger partial charge in [0.25, 0.3) is 0 Å². The number of halogens is 1. The highest BCUT2D eigenvalue weighted by Crippen LogP contribution is 2.32. The zero-order valence-electron chi connectivity index (χ0n) is 10.00. The van der Waals surface area contributed by atoms with Gasteiger partial charge < -0.3 is 10.8 Å². The van der Waals surface area contributed by atoms with Crippen LogP contribution in [-0.4, -0.2) is 22.2 Å². The molecule has 3 nitrogen and oxygen atoms in total. The summed E-state index contributed by atoms with van der Waals surface area (Å²) in [5.41, 5.74) is 5.35. The third-order valence-corrected chi connectivity index (χ3v) is 3.47. The van der Waals surface area contributed by atoms with Crippen molar-refractivity contribution < 1.29 is 5.11 Å². The second kappa shape index (κ2) is 4.82. The van der Waals surface area contributed by atoms with Crippen LogP contribution in [0.2, 0.25) is 0 Å². The van der Waals surface area contributed by atoms with Crippen molar-refractivity contribution in [1.29, 1.82) is 0 Å². The molecule has 1 rings (SSSR count). The van der Waals surface area contributed by atoms with Crippen LogP contribution in [0.5, 0.6) is 0 Å². The SMILES string of the molecule is CC(C)(C)C(O)(CN)Cc1ccc(Br)cn1. The van der Waals surface area contributed by atoms with Crippen LogP contribution < -0.4 is 5.73 Å². The molecule has 0 bridgehead atoms. The molecule has 0 aromatic carbocycles. The molecule has 0 amide bonds. The van der Waals surface area contributed by atoms with E-state index >= 15 is 0 Å². The molecule has 0 fully saturated rings. The third kappa shape index (κ3) is 3.03. The maximum absolute atomic E-state index is 10.5. The Morgan fingerprint density at radius 1 is 1.38 bits per heavy atom. The molecule has 0 aliphatic rings. The van der Waals surface area contributed by atoms with Crippen LogP contribution in [0.25, 0.3) is 0 Å². The van der Waals surface area contributed by atoms with Crippen molar-refractivity contribution in [1.82, 2.24) is 4.98 Å². The van der Waals surface area contributed by atoms with Gasteiger partial charge in [-0.1, -0.05) is 20.8 Å². The van der Waals surface area contributed by atoms with Crippen LogP contribution in [-0.2, 0) is 6.42 Å². The molecule has 1 aromatic rings. The van der Waals surface area contributed by atoms with Crippen molar-refractivity contribution in [3.8, 4) is 0 Å². The lowest BCUT2D eigenvalue weighted by atomic mass is 9.74. The second-order valence-electron chi connectivity index (χ2n) is 5.13. The average Bonchev–Trinajstić information content (AvgIpc) is 2.19. The van der Waals surface area contributed by atoms with E-state index < -0.39 is 5.60 Å². The lowest BCUT2D eigenvalue weighted by molar-refractivity contribution is -0.0497. The fraction of sp³-hybridized carbons (Fsp3) is 0.583. The van der Waals surface area contributed by atoms with Crippen molar-refractivity contribution in [2.45, 2.75) is 32.8 Å². The maximum Gasteiger partial charge on any atom is 0.0872 e. The van der Waals surface area contributed by atoms with Gasteiger partial charge in [0.2, 0.25) is 0 Å². The summed E-state index contributed by atoms with van der Waals surface area (Å²) in [7, 11) is 0. The van der Waals surface area contributed by atoms with E-state index in [0.717, 1.165) is 10.2 Å². The lowest BCUT2D eigenvalue weighted by Crippen LogP contribution is -2.51. The fourth-order valence-electron chi connectivity index (χ4n) is 1.45. The normalized spacial score (nSPS) is 15.9. The summed E-state index contributed by atoms with van der Waals surface area (Å²) in [5.74, 6) is 0. The molecule has 90 valence electrons. The second-order valence-corrected chi connectivity index (χ2v) is 6.05. The Morgan fingerprint density at radius 3 is 2.38 bits per heavy atom. The minimum absolute atomic E-state index is 0.230. The van der Waals surface area contributed by atoms with E-state index in [1.165, 1.54) is 0 Å². The van der Waals surface area contributed by atoms with E-state index in [1.54, 1.807) is 6.20 Å². The summed E-state index contributed by atoms with van der Waals surface area (Å²) in [4.78, 5) is 4.26. The molecule has 0 saturated heterocycles. The molecule has 1 unspecified atom stereocenters. The predicted octanol–water partition coefficient (Wildman–Crippen LogP) is 2.12. The number of rotatable bonds is 3. The smallest absolute Gasteiger partial charge is 0.0872 e. The summed E-state index contributed by atoms with van der Waals surface area (Å²) in [5, 5.41) is 10.5. The molecular weight excluding hydrogens is 268 g/mol. The zero-order chi connectivity index (χ0) is 12.4. The van der Waals surface area contributed by atoms with E-state index in [9.17, 15) is 5.11 Å². The van der Waals surface area contributed by atoms with E-state index in [2.05, 4.69) is 20.9 Å². The maximum atomic E-state index is 10.5. The Kier molecular flexibility index (Phi) is 4.10. The minimum Gasteiger partial charge on any atom is -0.388 e. The Bertz CT molecular complexity index is 345. The van der Waals surface area contributed by atoms with Crippen LogP contribution in [0.4, 0.5) is 0 Å². The summed E-state index contributed by atoms with van der Waals surface area (Å²) in [6.45, 7) is 6.18. The Balaban J connectivity index is 2.89. The Hall–Kier alpha value is -0.450. The monoisotopic (exact) mass is 286 g/mol. The third-order valence-electron chi connectivity index (χ3n) is 3.00. The van der Waals surface area contributed by atoms with Gasteiger partial charge in [-0.05, 0) is 33.5 Å². The lowest BCUT2D eigenvalue weighted by Gasteiger charge is -2.39. The van der Waals surface area contributed by atoms with Gasteiger partial charge in [-0.3, -0.25) is 4.98 Å². The van der Waals surface area contributed by atoms with Crippen LogP contribution in [0.15, 0.2) is 22.8 Å². The molecule has 1 heterocycles. The summed E-state index contributed by atoms with van der Waals surface area (Å²) in [6.07, 6.45) is 2.20. The van der Waals surface area contributed by atoms with E-state index in [-0.39, 0.29) is 12.0 Å². The van der Waals surface area contributed by atoms with Crippen molar-refractivity contribution in [2.24, 2.45) is 11.1 Å². The highest BCUT2D eigenvalue weighted by Gasteiger charge is 2.39. The zero-order valence-corrected chi connectivity index (χ0v) is 11.6. The van der Waals surface area contributed by atoms with Crippen LogP contribution in [0, 0.1) is 5.41 Å². The summed E-state index contributed by atoms with van der Waals surface area (Å²) < 4.78 is 0.934. The first-order chi connectivity index (χ1) is 7.28. The van der Waals surface area contributed by atoms with Gasteiger partial charge in [-0.25, -0.2) is 0 Å². The number of hydrogen-bond donors (Lipinski definition) is 2. The molecule has 0 aliphatic carbocycles. The Morgan fingerprint density at radius 2 is 2.00 bits per heavy atom. The van der Waals surface area contributed by atoms with Crippen molar-refractivity contribution in [3.63, 3.8) is 0 Å². The number of pyridine rings is 1. The van der Waals surface area contributed by atoms with E-state index in [4.69, 9.17) is 5.73 Å². The highest BCUT2D eigenvalue weighted by atomic mass is 79.9. The average molecular weight is 287 g/mol. The molecule has 1 aromatic heterocycles. The summed E-state index contributed by atoms with van der Waals surface area (Å²) >= 11 is 3.33. The number of hydrogen-bond acceptors (Lipinski definition) is 3. The topological polar surface area (TPSA) is 59.1 Å². The molecule has 0 spiro atoms. The van der Waals surface area contributed by atoms with Gasteiger partial charge in [-0.2, -0.15) is 0 Å². The van der Waals surface area contributed by atoms with Gasteiger partial charge >= 0.3 is 0 Å². The van der Waals surface area contributed by atoms with Gasteiger partial charge in [0.1, 0.15) is 0 Å². The van der Waals surface area contributed by atoms with Crippen LogP contribution in [0.1, 0.15) is 26.5 Å². The van der Waals surface area contributed by atoms with Crippen LogP contribution in [0.3, 0.4) is 0 Å². The minimum atomic E-state index is -0.923. The van der Waals surface area contributed by atoms with E-state index in [1.807, 2.05) is 32.9 Å². The molecule has 3 N–H and O–H groups in total. The quantitative estimate of drug-likeness (QED) is 0.895. The van der Waals surface area contributed by atoms with E-state index in [0.29, 0.717) is 6.42 Å². The first-order valence-electron chi connectivity index (χ1n) is 5.31. The molecule has 0 radical (unpaired) electrons. The standard InChI is InChI=1S/C12H19BrN2O/c1-11(2,3)12(16,8-14)6-10-5-4-9(13)7-15-10/h4-5,7,16H,6,8,14H2,1-3H3. The largest absolute Gasteiger partial charge is 0.388 e. The number of nitrogens with zero attached hydrogens (tertiary/aromatic N) is 1. The van der Waals surface area contributed by atoms with Gasteiger partial charge in [-0.15, -0.1) is 0 Å². The van der Waals surface area contributed by atoms with Crippen molar-refractivity contribution >= 4 is 15.9 Å². The Labute approximate surface area is 105 Å². The molecule has 0 saturated carbocycles. The molecular formula is C12H19BrN2O. The number of aliphatic hydroxyl groups is 1. The molecule has 4 heteroatoms. The van der Waals surface area contributed by atoms with Crippen molar-refractivity contribution in [2.75, 3.05) is 6.54 Å². The molecule has 0 aliphatic heterocycles. The highest BCUT2D eigenvalue weighted by molar-refractivity contribution is 9.10. The first-order valence-corrected chi connectivity index (χ1v) is 6.11. The van der Waals surface area contributed by atoms with Crippen LogP contribution >= 0.6 is 15.9 Å². The van der Waals surface area contributed by atoms with Gasteiger partial charge in [0, 0.05) is 29.3 Å². The predicted molar refractivity (Wildman–Crippen MR) is 69.1 cm³/mol. The summed E-state index contributed by atoms with van der Waals surface area (Å²) in [6, 6.07) is 3.82. The van der Waals surface area contributed by atoms with Gasteiger partial charge in [0.15, 0.2) is 0 Å². The molecule has 1 atom stereocenters. The molecule has 16 heavy (non-hydrogen) atoms. The fourth-order valence-corrected chi connectivity index (χ4v) is 1.69. The number of nitrogens with two attached hydrogens (primary N) is 1. The van der Waals surface area contributed by atoms with Gasteiger partial charge in [0.05, 0.1) is 5.60 Å².